The molecule has 7 heteroatoms. The third-order valence-corrected chi connectivity index (χ3v) is 5.13. The standard InChI is InChI=1S/C23H29N3O4/c1-30-21-8-6-17-15-19(21)23(29)26-12-3-11-24-10-2-4-22(28)25-13-9-16-5-7-20(27)18(17)14-16/h5-8,14-15,24,27H,2-4,9-13H2,1H3,(H,25,28)(H,26,29). The zero-order chi connectivity index (χ0) is 21.3. The number of carbonyl (C=O) groups excluding carboxylic acids is 2. The average Bonchev–Trinajstić information content (AvgIpc) is 2.75. The maximum atomic E-state index is 12.7. The van der Waals surface area contributed by atoms with Gasteiger partial charge in [0.05, 0.1) is 12.7 Å². The molecular formula is C23H29N3O4. The van der Waals surface area contributed by atoms with Gasteiger partial charge < -0.3 is 25.8 Å². The van der Waals surface area contributed by atoms with Gasteiger partial charge in [-0.2, -0.15) is 0 Å². The Hall–Kier alpha value is -3.06. The summed E-state index contributed by atoms with van der Waals surface area (Å²) in [6.07, 6.45) is 2.68. The second kappa shape index (κ2) is 10.6. The topological polar surface area (TPSA) is 99.7 Å². The molecule has 7 nitrogen and oxygen atoms in total. The first-order chi connectivity index (χ1) is 14.6. The van der Waals surface area contributed by atoms with Gasteiger partial charge >= 0.3 is 0 Å². The lowest BCUT2D eigenvalue weighted by molar-refractivity contribution is -0.121. The molecule has 4 bridgehead atoms. The van der Waals surface area contributed by atoms with E-state index in [9.17, 15) is 14.7 Å². The minimum Gasteiger partial charge on any atom is -0.507 e. The average molecular weight is 412 g/mol. The molecule has 1 aliphatic heterocycles. The van der Waals surface area contributed by atoms with E-state index < -0.39 is 0 Å². The number of hydrogen-bond donors (Lipinski definition) is 4. The van der Waals surface area contributed by atoms with E-state index in [0.29, 0.717) is 42.8 Å². The first-order valence-electron chi connectivity index (χ1n) is 10.3. The van der Waals surface area contributed by atoms with Crippen LogP contribution >= 0.6 is 0 Å². The van der Waals surface area contributed by atoms with Crippen LogP contribution in [0.3, 0.4) is 0 Å². The number of hydrogen-bond acceptors (Lipinski definition) is 5. The summed E-state index contributed by atoms with van der Waals surface area (Å²) in [5.74, 6) is 0.452. The fraction of sp³-hybridized carbons (Fsp3) is 0.391. The van der Waals surface area contributed by atoms with Crippen molar-refractivity contribution in [1.82, 2.24) is 16.0 Å². The van der Waals surface area contributed by atoms with Gasteiger partial charge in [0.2, 0.25) is 5.91 Å². The summed E-state index contributed by atoms with van der Waals surface area (Å²) < 4.78 is 5.36. The van der Waals surface area contributed by atoms with E-state index in [4.69, 9.17) is 4.74 Å². The lowest BCUT2D eigenvalue weighted by atomic mass is 9.98. The number of phenolic OH excluding ortho intramolecular Hbond substituents is 1. The highest BCUT2D eigenvalue weighted by Crippen LogP contribution is 2.33. The van der Waals surface area contributed by atoms with Crippen LogP contribution in [-0.2, 0) is 11.2 Å². The Kier molecular flexibility index (Phi) is 7.68. The Balaban J connectivity index is 1.90. The van der Waals surface area contributed by atoms with Gasteiger partial charge in [-0.15, -0.1) is 0 Å². The SMILES string of the molecule is COc1ccc2cc1C(=O)NCCCNCCCC(=O)NCCc1ccc(O)c-2c1. The molecule has 160 valence electrons. The molecule has 0 aromatic heterocycles. The van der Waals surface area contributed by atoms with Crippen molar-refractivity contribution in [2.24, 2.45) is 0 Å². The van der Waals surface area contributed by atoms with Crippen molar-refractivity contribution in [3.8, 4) is 22.6 Å². The quantitative estimate of drug-likeness (QED) is 0.577. The first kappa shape index (κ1) is 21.6. The van der Waals surface area contributed by atoms with Crippen LogP contribution in [0, 0.1) is 0 Å². The third-order valence-electron chi connectivity index (χ3n) is 5.13. The zero-order valence-electron chi connectivity index (χ0n) is 17.3. The van der Waals surface area contributed by atoms with E-state index in [1.165, 1.54) is 7.11 Å². The largest absolute Gasteiger partial charge is 0.507 e. The van der Waals surface area contributed by atoms with E-state index in [2.05, 4.69) is 16.0 Å². The molecule has 2 amide bonds. The molecule has 2 aromatic rings. The number of aromatic hydroxyl groups is 1. The summed E-state index contributed by atoms with van der Waals surface area (Å²) in [7, 11) is 1.53. The van der Waals surface area contributed by atoms with Crippen molar-refractivity contribution in [3.05, 3.63) is 47.5 Å². The van der Waals surface area contributed by atoms with Gasteiger partial charge in [0.15, 0.2) is 0 Å². The molecule has 0 atom stereocenters. The Morgan fingerprint density at radius 3 is 2.53 bits per heavy atom. The molecule has 0 fully saturated rings. The van der Waals surface area contributed by atoms with Crippen LogP contribution < -0.4 is 20.7 Å². The summed E-state index contributed by atoms with van der Waals surface area (Å²) >= 11 is 0. The van der Waals surface area contributed by atoms with E-state index in [1.54, 1.807) is 18.2 Å². The van der Waals surface area contributed by atoms with E-state index in [-0.39, 0.29) is 17.6 Å². The minimum absolute atomic E-state index is 0.0424. The molecule has 0 aliphatic carbocycles. The van der Waals surface area contributed by atoms with Gasteiger partial charge in [0, 0.05) is 25.1 Å². The van der Waals surface area contributed by atoms with E-state index >= 15 is 0 Å². The number of ether oxygens (including phenoxy) is 1. The predicted molar refractivity (Wildman–Crippen MR) is 116 cm³/mol. The highest BCUT2D eigenvalue weighted by Gasteiger charge is 2.15. The number of nitrogens with one attached hydrogen (secondary N) is 3. The first-order valence-corrected chi connectivity index (χ1v) is 10.3. The highest BCUT2D eigenvalue weighted by atomic mass is 16.5. The van der Waals surface area contributed by atoms with Crippen molar-refractivity contribution < 1.29 is 19.4 Å². The molecule has 30 heavy (non-hydrogen) atoms. The normalized spacial score (nSPS) is 16.4. The lowest BCUT2D eigenvalue weighted by Crippen LogP contribution is -2.29. The van der Waals surface area contributed by atoms with Gasteiger partial charge in [0.1, 0.15) is 11.5 Å². The second-order valence-electron chi connectivity index (χ2n) is 7.33. The number of amides is 2. The third kappa shape index (κ3) is 5.73. The maximum Gasteiger partial charge on any atom is 0.255 e. The molecule has 1 aliphatic rings. The van der Waals surface area contributed by atoms with Crippen LogP contribution in [0.25, 0.3) is 11.1 Å². The summed E-state index contributed by atoms with van der Waals surface area (Å²) in [6.45, 7) is 2.59. The summed E-state index contributed by atoms with van der Waals surface area (Å²) in [6, 6.07) is 10.7. The Morgan fingerprint density at radius 2 is 1.70 bits per heavy atom. The van der Waals surface area contributed by atoms with Crippen molar-refractivity contribution in [2.75, 3.05) is 33.3 Å². The molecular weight excluding hydrogens is 382 g/mol. The Morgan fingerprint density at radius 1 is 0.867 bits per heavy atom. The number of rotatable bonds is 1. The smallest absolute Gasteiger partial charge is 0.255 e. The van der Waals surface area contributed by atoms with Crippen molar-refractivity contribution >= 4 is 11.8 Å². The van der Waals surface area contributed by atoms with Gasteiger partial charge in [0.25, 0.3) is 5.91 Å². The fourth-order valence-electron chi connectivity index (χ4n) is 3.47. The van der Waals surface area contributed by atoms with Crippen LogP contribution in [0.4, 0.5) is 0 Å². The molecule has 0 radical (unpaired) electrons. The van der Waals surface area contributed by atoms with Crippen LogP contribution in [0.1, 0.15) is 35.2 Å². The monoisotopic (exact) mass is 411 g/mol. The van der Waals surface area contributed by atoms with Crippen LogP contribution in [0.5, 0.6) is 11.5 Å². The number of methoxy groups -OCH3 is 1. The van der Waals surface area contributed by atoms with Crippen molar-refractivity contribution in [3.63, 3.8) is 0 Å². The maximum absolute atomic E-state index is 12.7. The lowest BCUT2D eigenvalue weighted by Gasteiger charge is -2.13. The van der Waals surface area contributed by atoms with Crippen LogP contribution in [0.15, 0.2) is 36.4 Å². The minimum atomic E-state index is -0.211. The Labute approximate surface area is 176 Å². The van der Waals surface area contributed by atoms with Crippen molar-refractivity contribution in [2.45, 2.75) is 25.7 Å². The second-order valence-corrected chi connectivity index (χ2v) is 7.33. The van der Waals surface area contributed by atoms with E-state index in [1.807, 2.05) is 18.2 Å². The number of phenols is 1. The van der Waals surface area contributed by atoms with E-state index in [0.717, 1.165) is 37.1 Å². The van der Waals surface area contributed by atoms with Gasteiger partial charge in [-0.1, -0.05) is 12.1 Å². The summed E-state index contributed by atoms with van der Waals surface area (Å²) in [4.78, 5) is 24.7. The van der Waals surface area contributed by atoms with Gasteiger partial charge in [-0.3, -0.25) is 9.59 Å². The van der Waals surface area contributed by atoms with Gasteiger partial charge in [-0.05, 0) is 67.7 Å². The highest BCUT2D eigenvalue weighted by molar-refractivity contribution is 5.98. The molecule has 0 saturated heterocycles. The summed E-state index contributed by atoms with van der Waals surface area (Å²) in [5.41, 5.74) is 2.78. The summed E-state index contributed by atoms with van der Waals surface area (Å²) in [5, 5.41) is 19.6. The molecule has 0 spiro atoms. The number of fused-ring (bicyclic) bond motifs is 5. The molecule has 0 saturated carbocycles. The Bertz CT molecular complexity index is 898. The molecule has 4 N–H and O–H groups in total. The van der Waals surface area contributed by atoms with Gasteiger partial charge in [-0.25, -0.2) is 0 Å². The number of benzene rings is 2. The van der Waals surface area contributed by atoms with Crippen molar-refractivity contribution in [1.29, 1.82) is 0 Å². The predicted octanol–water partition coefficient (Wildman–Crippen LogP) is 2.23. The molecule has 1 heterocycles. The molecule has 0 unspecified atom stereocenters. The zero-order valence-corrected chi connectivity index (χ0v) is 17.3. The number of carbonyl (C=O) groups is 2. The van der Waals surface area contributed by atoms with Crippen LogP contribution in [-0.4, -0.2) is 50.2 Å². The molecule has 2 aromatic carbocycles. The van der Waals surface area contributed by atoms with Crippen LogP contribution in [0.2, 0.25) is 0 Å². The molecule has 3 rings (SSSR count). The fourth-order valence-corrected chi connectivity index (χ4v) is 3.47.